The molecule has 3 aromatic rings. The Morgan fingerprint density at radius 3 is 2.11 bits per heavy atom. The van der Waals surface area contributed by atoms with Gasteiger partial charge in [-0.05, 0) is 61.6 Å². The second-order valence-electron chi connectivity index (χ2n) is 10.5. The van der Waals surface area contributed by atoms with Gasteiger partial charge in [0.1, 0.15) is 23.9 Å². The minimum atomic E-state index is -1.52. The van der Waals surface area contributed by atoms with E-state index in [1.165, 1.54) is 24.3 Å². The summed E-state index contributed by atoms with van der Waals surface area (Å²) in [5.41, 5.74) is 19.3. The summed E-state index contributed by atoms with van der Waals surface area (Å²) in [4.78, 5) is 66.3. The zero-order valence-corrected chi connectivity index (χ0v) is 24.1. The van der Waals surface area contributed by atoms with Crippen LogP contribution >= 0.6 is 0 Å². The number of H-pyrrole nitrogens is 1. The molecule has 236 valence electrons. The van der Waals surface area contributed by atoms with E-state index in [4.69, 9.17) is 17.2 Å². The van der Waals surface area contributed by atoms with Crippen molar-refractivity contribution in [3.05, 3.63) is 65.9 Å². The summed E-state index contributed by atoms with van der Waals surface area (Å²) in [5.74, 6) is -4.61. The number of nitrogens with one attached hydrogen (secondary N) is 4. The number of benzene rings is 2. The number of phenolic OH excluding ortho intramolecular Hbond substituents is 1. The minimum absolute atomic E-state index is 0.0130. The molecule has 14 heteroatoms. The van der Waals surface area contributed by atoms with Gasteiger partial charge >= 0.3 is 5.97 Å². The number of carbonyl (C=O) groups is 5. The number of amides is 4. The van der Waals surface area contributed by atoms with E-state index in [-0.39, 0.29) is 25.0 Å². The Balaban J connectivity index is 1.70. The first-order valence-electron chi connectivity index (χ1n) is 14.2. The molecule has 2 aromatic carbocycles. The van der Waals surface area contributed by atoms with Crippen LogP contribution in [0.25, 0.3) is 10.9 Å². The van der Waals surface area contributed by atoms with Gasteiger partial charge in [-0.1, -0.05) is 30.3 Å². The van der Waals surface area contributed by atoms with Gasteiger partial charge < -0.3 is 48.3 Å². The van der Waals surface area contributed by atoms with Gasteiger partial charge in [0.2, 0.25) is 23.6 Å². The van der Waals surface area contributed by atoms with E-state index in [0.29, 0.717) is 24.9 Å². The standard InChI is InChI=1S/C30H39N7O7/c31-12-4-3-7-23(35-27(40)21(32)14-18-16-34-22-6-2-1-5-20(18)22)28(41)36-24(15-26(33)39)29(42)37-25(30(43)44)13-17-8-10-19(38)11-9-17/h1-2,5-6,8-11,16,21,23-25,34,38H,3-4,7,12-15,31-32H2,(H2,33,39)(H,35,40)(H,36,41)(H,37,42)(H,43,44). The molecule has 44 heavy (non-hydrogen) atoms. The number of phenols is 1. The fraction of sp³-hybridized carbons (Fsp3) is 0.367. The Morgan fingerprint density at radius 1 is 0.818 bits per heavy atom. The number of unbranched alkanes of at least 4 members (excludes halogenated alkanes) is 1. The first-order valence-corrected chi connectivity index (χ1v) is 14.2. The number of carboxylic acid groups (broad SMARTS) is 1. The van der Waals surface area contributed by atoms with Crippen LogP contribution in [-0.2, 0) is 36.8 Å². The molecule has 0 fully saturated rings. The predicted octanol–water partition coefficient (Wildman–Crippen LogP) is -0.471. The minimum Gasteiger partial charge on any atom is -0.508 e. The van der Waals surface area contributed by atoms with Gasteiger partial charge in [0.05, 0.1) is 12.5 Å². The van der Waals surface area contributed by atoms with Crippen LogP contribution in [-0.4, -0.2) is 75.5 Å². The van der Waals surface area contributed by atoms with E-state index in [1.807, 2.05) is 24.3 Å². The third-order valence-electron chi connectivity index (χ3n) is 7.06. The summed E-state index contributed by atoms with van der Waals surface area (Å²) in [6, 6.07) is 8.23. The highest BCUT2D eigenvalue weighted by molar-refractivity contribution is 5.96. The number of hydrogen-bond donors (Lipinski definition) is 9. The fourth-order valence-corrected chi connectivity index (χ4v) is 4.69. The molecule has 4 unspecified atom stereocenters. The van der Waals surface area contributed by atoms with Crippen molar-refractivity contribution in [2.45, 2.75) is 62.7 Å². The largest absolute Gasteiger partial charge is 0.508 e. The molecule has 12 N–H and O–H groups in total. The summed E-state index contributed by atoms with van der Waals surface area (Å²) in [7, 11) is 0. The van der Waals surface area contributed by atoms with Gasteiger partial charge in [-0.15, -0.1) is 0 Å². The van der Waals surface area contributed by atoms with E-state index >= 15 is 0 Å². The Kier molecular flexibility index (Phi) is 12.2. The molecule has 0 saturated heterocycles. The number of hydrogen-bond acceptors (Lipinski definition) is 8. The van der Waals surface area contributed by atoms with Crippen LogP contribution in [0.5, 0.6) is 5.75 Å². The van der Waals surface area contributed by atoms with Crippen LogP contribution in [0.15, 0.2) is 54.7 Å². The average molecular weight is 610 g/mol. The van der Waals surface area contributed by atoms with Crippen molar-refractivity contribution in [3.63, 3.8) is 0 Å². The lowest BCUT2D eigenvalue weighted by Gasteiger charge is -2.25. The Bertz CT molecular complexity index is 1460. The van der Waals surface area contributed by atoms with Gasteiger partial charge in [-0.3, -0.25) is 19.2 Å². The molecule has 0 spiro atoms. The maximum absolute atomic E-state index is 13.4. The summed E-state index contributed by atoms with van der Waals surface area (Å²) >= 11 is 0. The van der Waals surface area contributed by atoms with Crippen molar-refractivity contribution in [2.24, 2.45) is 17.2 Å². The van der Waals surface area contributed by atoms with Crippen LogP contribution in [0.1, 0.15) is 36.8 Å². The number of aromatic nitrogens is 1. The maximum atomic E-state index is 13.4. The first-order chi connectivity index (χ1) is 21.0. The molecule has 1 heterocycles. The van der Waals surface area contributed by atoms with Crippen molar-refractivity contribution < 1.29 is 34.2 Å². The van der Waals surface area contributed by atoms with E-state index in [1.54, 1.807) is 6.20 Å². The quantitative estimate of drug-likeness (QED) is 0.0895. The number of aromatic hydroxyl groups is 1. The normalized spacial score (nSPS) is 13.8. The molecule has 0 aliphatic heterocycles. The number of carbonyl (C=O) groups excluding carboxylic acids is 4. The third-order valence-corrected chi connectivity index (χ3v) is 7.06. The lowest BCUT2D eigenvalue weighted by Crippen LogP contribution is -2.58. The van der Waals surface area contributed by atoms with Gasteiger partial charge in [-0.2, -0.15) is 0 Å². The molecule has 0 aliphatic carbocycles. The zero-order chi connectivity index (χ0) is 32.2. The maximum Gasteiger partial charge on any atom is 0.326 e. The summed E-state index contributed by atoms with van der Waals surface area (Å²) in [6.07, 6.45) is 2.39. The number of nitrogens with two attached hydrogens (primary N) is 3. The van der Waals surface area contributed by atoms with Crippen LogP contribution < -0.4 is 33.2 Å². The number of primary amides is 1. The van der Waals surface area contributed by atoms with E-state index in [9.17, 15) is 34.2 Å². The lowest BCUT2D eigenvalue weighted by atomic mass is 10.0. The van der Waals surface area contributed by atoms with E-state index in [2.05, 4.69) is 20.9 Å². The number of fused-ring (bicyclic) bond motifs is 1. The number of aliphatic carboxylic acids is 1. The molecule has 0 saturated carbocycles. The third kappa shape index (κ3) is 9.81. The van der Waals surface area contributed by atoms with Crippen LogP contribution in [0.4, 0.5) is 0 Å². The lowest BCUT2D eigenvalue weighted by molar-refractivity contribution is -0.142. The average Bonchev–Trinajstić information content (AvgIpc) is 3.39. The predicted molar refractivity (Wildman–Crippen MR) is 162 cm³/mol. The van der Waals surface area contributed by atoms with Gasteiger partial charge in [-0.25, -0.2) is 4.79 Å². The summed E-state index contributed by atoms with van der Waals surface area (Å²) < 4.78 is 0. The van der Waals surface area contributed by atoms with Crippen LogP contribution in [0, 0.1) is 0 Å². The van der Waals surface area contributed by atoms with Crippen molar-refractivity contribution in [1.82, 2.24) is 20.9 Å². The topological polar surface area (TPSA) is 256 Å². The fourth-order valence-electron chi connectivity index (χ4n) is 4.69. The van der Waals surface area contributed by atoms with Crippen LogP contribution in [0.3, 0.4) is 0 Å². The van der Waals surface area contributed by atoms with Crippen molar-refractivity contribution >= 4 is 40.5 Å². The summed E-state index contributed by atoms with van der Waals surface area (Å²) in [5, 5.41) is 27.5. The molecular formula is C30H39N7O7. The Hall–Kier alpha value is -4.95. The van der Waals surface area contributed by atoms with Crippen LogP contribution in [0.2, 0.25) is 0 Å². The highest BCUT2D eigenvalue weighted by Gasteiger charge is 2.31. The van der Waals surface area contributed by atoms with Crippen molar-refractivity contribution in [3.8, 4) is 5.75 Å². The molecule has 4 atom stereocenters. The smallest absolute Gasteiger partial charge is 0.326 e. The molecule has 0 radical (unpaired) electrons. The Morgan fingerprint density at radius 2 is 1.45 bits per heavy atom. The highest BCUT2D eigenvalue weighted by Crippen LogP contribution is 2.19. The molecule has 3 rings (SSSR count). The van der Waals surface area contributed by atoms with Gasteiger partial charge in [0, 0.05) is 23.5 Å². The summed E-state index contributed by atoms with van der Waals surface area (Å²) in [6.45, 7) is 0.354. The SMILES string of the molecule is NCCCCC(NC(=O)C(N)Cc1c[nH]c2ccccc12)C(=O)NC(CC(N)=O)C(=O)NC(Cc1ccc(O)cc1)C(=O)O. The van der Waals surface area contributed by atoms with E-state index in [0.717, 1.165) is 16.5 Å². The molecule has 14 nitrogen and oxygen atoms in total. The van der Waals surface area contributed by atoms with Gasteiger partial charge in [0.25, 0.3) is 0 Å². The molecular weight excluding hydrogens is 570 g/mol. The molecule has 4 amide bonds. The van der Waals surface area contributed by atoms with Gasteiger partial charge in [0.15, 0.2) is 0 Å². The van der Waals surface area contributed by atoms with E-state index < -0.39 is 60.2 Å². The number of aromatic amines is 1. The van der Waals surface area contributed by atoms with Crippen molar-refractivity contribution in [2.75, 3.05) is 6.54 Å². The molecule has 1 aromatic heterocycles. The number of carboxylic acids is 1. The molecule has 0 aliphatic rings. The zero-order valence-electron chi connectivity index (χ0n) is 24.1. The second-order valence-corrected chi connectivity index (χ2v) is 10.5. The Labute approximate surface area is 253 Å². The van der Waals surface area contributed by atoms with Crippen molar-refractivity contribution in [1.29, 1.82) is 0 Å². The second kappa shape index (κ2) is 16.0. The first kappa shape index (κ1) is 33.6. The monoisotopic (exact) mass is 609 g/mol. The molecule has 0 bridgehead atoms. The number of rotatable bonds is 17. The highest BCUT2D eigenvalue weighted by atomic mass is 16.4. The number of para-hydroxylation sites is 1.